The summed E-state index contributed by atoms with van der Waals surface area (Å²) in [6.07, 6.45) is 0.865. The second-order valence-electron chi connectivity index (χ2n) is 7.31. The average molecular weight is 436 g/mol. The van der Waals surface area contributed by atoms with Crippen molar-refractivity contribution < 1.29 is 34.5 Å². The molecule has 0 saturated carbocycles. The number of benzene rings is 1. The number of nitrogens with zero attached hydrogens (tertiary/aromatic N) is 1. The van der Waals surface area contributed by atoms with Crippen molar-refractivity contribution in [3.63, 3.8) is 0 Å². The number of likely N-dealkylation sites (tertiary alicyclic amines) is 1. The van der Waals surface area contributed by atoms with Crippen LogP contribution in [0.15, 0.2) is 30.3 Å². The number of carbonyl (C=O) groups excluding carboxylic acids is 3. The van der Waals surface area contributed by atoms with Crippen molar-refractivity contribution >= 4 is 23.7 Å². The van der Waals surface area contributed by atoms with E-state index in [1.165, 1.54) is 0 Å². The molecule has 2 rings (SSSR count). The molecule has 170 valence electrons. The molecule has 11 heteroatoms. The number of amides is 3. The third-order valence-corrected chi connectivity index (χ3v) is 5.07. The van der Waals surface area contributed by atoms with Crippen LogP contribution in [0, 0.1) is 0 Å². The molecule has 0 radical (unpaired) electrons. The number of nitrogens with one attached hydrogen (secondary N) is 2. The first-order chi connectivity index (χ1) is 14.8. The van der Waals surface area contributed by atoms with Gasteiger partial charge in [-0.1, -0.05) is 30.3 Å². The summed E-state index contributed by atoms with van der Waals surface area (Å²) in [6, 6.07) is 4.04. The van der Waals surface area contributed by atoms with E-state index in [9.17, 15) is 29.4 Å². The first-order valence-corrected chi connectivity index (χ1v) is 9.93. The SMILES string of the molecule is NC(CO)C(=O)NC(Cc1ccccc1)C(=O)NC(CO)C(=O)N1CCCC1C(=O)O. The monoisotopic (exact) mass is 436 g/mol. The minimum atomic E-state index is -1.37. The van der Waals surface area contributed by atoms with Gasteiger partial charge in [-0.15, -0.1) is 0 Å². The summed E-state index contributed by atoms with van der Waals surface area (Å²) in [5.41, 5.74) is 6.23. The minimum Gasteiger partial charge on any atom is -0.480 e. The summed E-state index contributed by atoms with van der Waals surface area (Å²) in [5, 5.41) is 32.8. The van der Waals surface area contributed by atoms with Gasteiger partial charge in [-0.05, 0) is 18.4 Å². The van der Waals surface area contributed by atoms with Crippen LogP contribution in [0.2, 0.25) is 0 Å². The Labute approximate surface area is 179 Å². The molecule has 3 amide bonds. The molecule has 4 unspecified atom stereocenters. The first kappa shape index (κ1) is 24.3. The van der Waals surface area contributed by atoms with Crippen LogP contribution in [0.25, 0.3) is 0 Å². The predicted octanol–water partition coefficient (Wildman–Crippen LogP) is -2.41. The summed E-state index contributed by atoms with van der Waals surface area (Å²) in [5.74, 6) is -3.37. The number of aliphatic hydroxyl groups is 2. The summed E-state index contributed by atoms with van der Waals surface area (Å²) < 4.78 is 0. The van der Waals surface area contributed by atoms with E-state index < -0.39 is 61.1 Å². The van der Waals surface area contributed by atoms with Gasteiger partial charge in [0.2, 0.25) is 17.7 Å². The fraction of sp³-hybridized carbons (Fsp3) is 0.500. The van der Waals surface area contributed by atoms with E-state index >= 15 is 0 Å². The third-order valence-electron chi connectivity index (χ3n) is 5.07. The van der Waals surface area contributed by atoms with Crippen molar-refractivity contribution in [1.29, 1.82) is 0 Å². The number of hydrogen-bond acceptors (Lipinski definition) is 7. The summed E-state index contributed by atoms with van der Waals surface area (Å²) in [4.78, 5) is 50.2. The number of rotatable bonds is 10. The highest BCUT2D eigenvalue weighted by atomic mass is 16.4. The second kappa shape index (κ2) is 11.4. The molecule has 11 nitrogen and oxygen atoms in total. The van der Waals surface area contributed by atoms with Crippen LogP contribution in [0.4, 0.5) is 0 Å². The molecular formula is C20H28N4O7. The van der Waals surface area contributed by atoms with Gasteiger partial charge in [-0.2, -0.15) is 0 Å². The number of hydrogen-bond donors (Lipinski definition) is 6. The molecule has 7 N–H and O–H groups in total. The molecule has 1 saturated heterocycles. The molecule has 31 heavy (non-hydrogen) atoms. The van der Waals surface area contributed by atoms with E-state index in [1.54, 1.807) is 30.3 Å². The van der Waals surface area contributed by atoms with Gasteiger partial charge in [0.05, 0.1) is 13.2 Å². The Bertz CT molecular complexity index is 789. The van der Waals surface area contributed by atoms with E-state index in [1.807, 2.05) is 0 Å². The van der Waals surface area contributed by atoms with Gasteiger partial charge in [0, 0.05) is 13.0 Å². The molecule has 1 aliphatic heterocycles. The smallest absolute Gasteiger partial charge is 0.326 e. The number of nitrogens with two attached hydrogens (primary N) is 1. The van der Waals surface area contributed by atoms with Gasteiger partial charge in [0.25, 0.3) is 0 Å². The van der Waals surface area contributed by atoms with Crippen LogP contribution in [0.1, 0.15) is 18.4 Å². The zero-order chi connectivity index (χ0) is 23.0. The second-order valence-corrected chi connectivity index (χ2v) is 7.31. The molecule has 0 aromatic heterocycles. The Hall–Kier alpha value is -3.02. The Kier molecular flexibility index (Phi) is 8.91. The van der Waals surface area contributed by atoms with Gasteiger partial charge >= 0.3 is 5.97 Å². The lowest BCUT2D eigenvalue weighted by Crippen LogP contribution is -2.58. The molecule has 1 aromatic rings. The van der Waals surface area contributed by atoms with E-state index in [0.29, 0.717) is 12.8 Å². The van der Waals surface area contributed by atoms with Crippen molar-refractivity contribution in [2.24, 2.45) is 5.73 Å². The quantitative estimate of drug-likeness (QED) is 0.234. The van der Waals surface area contributed by atoms with Crippen LogP contribution in [0.3, 0.4) is 0 Å². The standard InChI is InChI=1S/C20H28N4O7/c21-13(10-25)17(27)22-14(9-12-5-2-1-3-6-12)18(28)23-15(11-26)19(29)24-8-4-7-16(24)20(30)31/h1-3,5-6,13-16,25-26H,4,7-11,21H2,(H,22,27)(H,23,28)(H,30,31). The van der Waals surface area contributed by atoms with Crippen LogP contribution in [0.5, 0.6) is 0 Å². The number of aliphatic carboxylic acids is 1. The topological polar surface area (TPSA) is 182 Å². The lowest BCUT2D eigenvalue weighted by Gasteiger charge is -2.28. The van der Waals surface area contributed by atoms with Crippen molar-refractivity contribution in [3.05, 3.63) is 35.9 Å². The van der Waals surface area contributed by atoms with E-state index in [2.05, 4.69) is 10.6 Å². The normalized spacial score (nSPS) is 18.7. The van der Waals surface area contributed by atoms with Gasteiger partial charge in [-0.3, -0.25) is 14.4 Å². The van der Waals surface area contributed by atoms with Crippen molar-refractivity contribution in [2.75, 3.05) is 19.8 Å². The zero-order valence-electron chi connectivity index (χ0n) is 16.9. The number of carboxylic acid groups (broad SMARTS) is 1. The maximum absolute atomic E-state index is 12.9. The van der Waals surface area contributed by atoms with Crippen LogP contribution >= 0.6 is 0 Å². The molecule has 1 fully saturated rings. The largest absolute Gasteiger partial charge is 0.480 e. The molecule has 4 atom stereocenters. The number of carboxylic acids is 1. The van der Waals surface area contributed by atoms with E-state index in [4.69, 9.17) is 10.8 Å². The van der Waals surface area contributed by atoms with Crippen molar-refractivity contribution in [3.8, 4) is 0 Å². The maximum Gasteiger partial charge on any atom is 0.326 e. The van der Waals surface area contributed by atoms with Crippen LogP contribution < -0.4 is 16.4 Å². The van der Waals surface area contributed by atoms with Gasteiger partial charge in [0.15, 0.2) is 0 Å². The zero-order valence-corrected chi connectivity index (χ0v) is 16.9. The highest BCUT2D eigenvalue weighted by molar-refractivity contribution is 5.94. The first-order valence-electron chi connectivity index (χ1n) is 9.93. The van der Waals surface area contributed by atoms with Crippen LogP contribution in [-0.2, 0) is 25.6 Å². The Morgan fingerprint density at radius 1 is 1.03 bits per heavy atom. The fourth-order valence-electron chi connectivity index (χ4n) is 3.37. The maximum atomic E-state index is 12.9. The molecule has 0 aliphatic carbocycles. The van der Waals surface area contributed by atoms with Gasteiger partial charge in [-0.25, -0.2) is 4.79 Å². The number of aliphatic hydroxyl groups excluding tert-OH is 2. The molecule has 0 bridgehead atoms. The van der Waals surface area contributed by atoms with Crippen LogP contribution in [-0.4, -0.2) is 87.8 Å². The highest BCUT2D eigenvalue weighted by Crippen LogP contribution is 2.18. The summed E-state index contributed by atoms with van der Waals surface area (Å²) >= 11 is 0. The molecule has 1 heterocycles. The summed E-state index contributed by atoms with van der Waals surface area (Å²) in [7, 11) is 0. The lowest BCUT2D eigenvalue weighted by atomic mass is 10.0. The lowest BCUT2D eigenvalue weighted by molar-refractivity contribution is -0.150. The van der Waals surface area contributed by atoms with Gasteiger partial charge in [0.1, 0.15) is 24.2 Å². The van der Waals surface area contributed by atoms with E-state index in [-0.39, 0.29) is 13.0 Å². The minimum absolute atomic E-state index is 0.0738. The summed E-state index contributed by atoms with van der Waals surface area (Å²) in [6.45, 7) is -1.15. The Morgan fingerprint density at radius 3 is 2.26 bits per heavy atom. The molecule has 0 spiro atoms. The molecule has 1 aromatic carbocycles. The molecular weight excluding hydrogens is 408 g/mol. The van der Waals surface area contributed by atoms with Crippen molar-refractivity contribution in [1.82, 2.24) is 15.5 Å². The molecule has 1 aliphatic rings. The van der Waals surface area contributed by atoms with Crippen molar-refractivity contribution in [2.45, 2.75) is 43.4 Å². The van der Waals surface area contributed by atoms with E-state index in [0.717, 1.165) is 10.5 Å². The Morgan fingerprint density at radius 2 is 1.68 bits per heavy atom. The highest BCUT2D eigenvalue weighted by Gasteiger charge is 2.38. The average Bonchev–Trinajstić information content (AvgIpc) is 3.26. The van der Waals surface area contributed by atoms with Gasteiger partial charge < -0.3 is 36.6 Å². The number of carbonyl (C=O) groups is 4. The Balaban J connectivity index is 2.14. The third kappa shape index (κ3) is 6.48. The predicted molar refractivity (Wildman–Crippen MR) is 109 cm³/mol. The fourth-order valence-corrected chi connectivity index (χ4v) is 3.37.